The number of primary amides is 1. The Kier molecular flexibility index (Phi) is 6.81. The van der Waals surface area contributed by atoms with Crippen molar-refractivity contribution in [3.05, 3.63) is 33.8 Å². The third kappa shape index (κ3) is 4.20. The molecule has 0 heterocycles. The van der Waals surface area contributed by atoms with Crippen molar-refractivity contribution in [2.45, 2.75) is 19.8 Å². The highest BCUT2D eigenvalue weighted by Crippen LogP contribution is 2.24. The van der Waals surface area contributed by atoms with E-state index in [-0.39, 0.29) is 24.2 Å². The number of hydrogen-bond acceptors (Lipinski definition) is 1. The zero-order valence-electron chi connectivity index (χ0n) is 8.87. The third-order valence-corrected chi connectivity index (χ3v) is 3.10. The van der Waals surface area contributed by atoms with E-state index in [2.05, 4.69) is 0 Å². The SMILES string of the molecule is CCC(Cc1ccc(Cl)c(Cl)c1)C(N)=O.Cl. The molecular formula is C11H14Cl3NO. The van der Waals surface area contributed by atoms with Crippen molar-refractivity contribution in [3.8, 4) is 0 Å². The standard InChI is InChI=1S/C11H13Cl2NO.ClH/c1-2-8(11(14)15)5-7-3-4-9(12)10(13)6-7;/h3-4,6,8H,2,5H2,1H3,(H2,14,15);1H. The number of halogens is 3. The van der Waals surface area contributed by atoms with Gasteiger partial charge in [-0.25, -0.2) is 0 Å². The molecule has 0 saturated heterocycles. The van der Waals surface area contributed by atoms with Crippen LogP contribution in [0.25, 0.3) is 0 Å². The molecule has 1 aromatic rings. The van der Waals surface area contributed by atoms with Crippen LogP contribution in [0.5, 0.6) is 0 Å². The second kappa shape index (κ2) is 7.00. The molecule has 1 rings (SSSR count). The predicted octanol–water partition coefficient (Wildman–Crippen LogP) is 3.47. The van der Waals surface area contributed by atoms with E-state index in [1.165, 1.54) is 0 Å². The van der Waals surface area contributed by atoms with E-state index in [4.69, 9.17) is 28.9 Å². The molecule has 0 aromatic heterocycles. The topological polar surface area (TPSA) is 43.1 Å². The van der Waals surface area contributed by atoms with Gasteiger partial charge in [0.1, 0.15) is 0 Å². The number of carbonyl (C=O) groups is 1. The average molecular weight is 283 g/mol. The number of rotatable bonds is 4. The summed E-state index contributed by atoms with van der Waals surface area (Å²) in [6, 6.07) is 5.36. The molecule has 2 nitrogen and oxygen atoms in total. The molecule has 5 heteroatoms. The lowest BCUT2D eigenvalue weighted by Crippen LogP contribution is -2.24. The van der Waals surface area contributed by atoms with Crippen molar-refractivity contribution in [2.24, 2.45) is 11.7 Å². The van der Waals surface area contributed by atoms with Crippen molar-refractivity contribution < 1.29 is 4.79 Å². The van der Waals surface area contributed by atoms with E-state index in [0.29, 0.717) is 16.5 Å². The Morgan fingerprint density at radius 3 is 2.44 bits per heavy atom. The van der Waals surface area contributed by atoms with Crippen LogP contribution in [0.1, 0.15) is 18.9 Å². The molecule has 0 radical (unpaired) electrons. The zero-order chi connectivity index (χ0) is 11.4. The van der Waals surface area contributed by atoms with Gasteiger partial charge in [-0.15, -0.1) is 12.4 Å². The molecule has 0 fully saturated rings. The fourth-order valence-electron chi connectivity index (χ4n) is 1.40. The number of nitrogens with two attached hydrogens (primary N) is 1. The highest BCUT2D eigenvalue weighted by molar-refractivity contribution is 6.42. The Bertz CT molecular complexity index is 368. The molecule has 1 aromatic carbocycles. The minimum Gasteiger partial charge on any atom is -0.369 e. The van der Waals surface area contributed by atoms with Crippen LogP contribution in [0.15, 0.2) is 18.2 Å². The molecule has 0 bridgehead atoms. The fourth-order valence-corrected chi connectivity index (χ4v) is 1.72. The van der Waals surface area contributed by atoms with Crippen LogP contribution in [0.4, 0.5) is 0 Å². The minimum atomic E-state index is -0.274. The second-order valence-electron chi connectivity index (χ2n) is 3.46. The highest BCUT2D eigenvalue weighted by Gasteiger charge is 2.13. The van der Waals surface area contributed by atoms with Crippen LogP contribution in [0.2, 0.25) is 10.0 Å². The summed E-state index contributed by atoms with van der Waals surface area (Å²) >= 11 is 11.7. The maximum atomic E-state index is 11.0. The van der Waals surface area contributed by atoms with E-state index < -0.39 is 0 Å². The fraction of sp³-hybridized carbons (Fsp3) is 0.364. The van der Waals surface area contributed by atoms with Crippen molar-refractivity contribution in [2.75, 3.05) is 0 Å². The van der Waals surface area contributed by atoms with Crippen LogP contribution in [-0.4, -0.2) is 5.91 Å². The first-order chi connectivity index (χ1) is 7.04. The second-order valence-corrected chi connectivity index (χ2v) is 4.27. The predicted molar refractivity (Wildman–Crippen MR) is 70.4 cm³/mol. The Balaban J connectivity index is 0.00000225. The molecule has 16 heavy (non-hydrogen) atoms. The van der Waals surface area contributed by atoms with Gasteiger partial charge in [-0.3, -0.25) is 4.79 Å². The smallest absolute Gasteiger partial charge is 0.220 e. The van der Waals surface area contributed by atoms with Crippen LogP contribution in [0, 0.1) is 5.92 Å². The molecule has 0 spiro atoms. The van der Waals surface area contributed by atoms with Gasteiger partial charge in [0.25, 0.3) is 0 Å². The summed E-state index contributed by atoms with van der Waals surface area (Å²) in [6.07, 6.45) is 1.35. The van der Waals surface area contributed by atoms with Gasteiger partial charge in [0.15, 0.2) is 0 Å². The van der Waals surface area contributed by atoms with Gasteiger partial charge < -0.3 is 5.73 Å². The molecule has 1 atom stereocenters. The number of amides is 1. The summed E-state index contributed by atoms with van der Waals surface area (Å²) in [6.45, 7) is 1.94. The summed E-state index contributed by atoms with van der Waals surface area (Å²) in [5, 5.41) is 1.03. The summed E-state index contributed by atoms with van der Waals surface area (Å²) in [4.78, 5) is 11.0. The third-order valence-electron chi connectivity index (χ3n) is 2.36. The first kappa shape index (κ1) is 15.6. The van der Waals surface area contributed by atoms with E-state index in [1.807, 2.05) is 13.0 Å². The maximum absolute atomic E-state index is 11.0. The van der Waals surface area contributed by atoms with E-state index >= 15 is 0 Å². The molecule has 0 aliphatic heterocycles. The van der Waals surface area contributed by atoms with E-state index in [9.17, 15) is 4.79 Å². The summed E-state index contributed by atoms with van der Waals surface area (Å²) in [5.41, 5.74) is 6.25. The van der Waals surface area contributed by atoms with Crippen molar-refractivity contribution in [1.82, 2.24) is 0 Å². The van der Waals surface area contributed by atoms with Gasteiger partial charge in [0.2, 0.25) is 5.91 Å². The molecule has 0 aliphatic carbocycles. The molecule has 1 amide bonds. The summed E-state index contributed by atoms with van der Waals surface area (Å²) in [7, 11) is 0. The van der Waals surface area contributed by atoms with Gasteiger partial charge >= 0.3 is 0 Å². The maximum Gasteiger partial charge on any atom is 0.220 e. The van der Waals surface area contributed by atoms with E-state index in [1.54, 1.807) is 12.1 Å². The summed E-state index contributed by atoms with van der Waals surface area (Å²) in [5.74, 6) is -0.411. The van der Waals surface area contributed by atoms with Crippen LogP contribution >= 0.6 is 35.6 Å². The van der Waals surface area contributed by atoms with E-state index in [0.717, 1.165) is 12.0 Å². The number of carbonyl (C=O) groups excluding carboxylic acids is 1. The van der Waals surface area contributed by atoms with Gasteiger partial charge in [0.05, 0.1) is 10.0 Å². The van der Waals surface area contributed by atoms with Crippen LogP contribution < -0.4 is 5.73 Å². The van der Waals surface area contributed by atoms with Crippen molar-refractivity contribution >= 4 is 41.5 Å². The Labute approximate surface area is 112 Å². The Morgan fingerprint density at radius 1 is 1.38 bits per heavy atom. The lowest BCUT2D eigenvalue weighted by Gasteiger charge is -2.10. The molecule has 0 aliphatic rings. The van der Waals surface area contributed by atoms with Crippen LogP contribution in [-0.2, 0) is 11.2 Å². The van der Waals surface area contributed by atoms with Gasteiger partial charge in [-0.1, -0.05) is 36.2 Å². The quantitative estimate of drug-likeness (QED) is 0.903. The Hall–Kier alpha value is -0.440. The largest absolute Gasteiger partial charge is 0.369 e. The molecule has 90 valence electrons. The number of benzene rings is 1. The van der Waals surface area contributed by atoms with Crippen molar-refractivity contribution in [3.63, 3.8) is 0 Å². The average Bonchev–Trinajstić information content (AvgIpc) is 2.19. The molecular weight excluding hydrogens is 268 g/mol. The lowest BCUT2D eigenvalue weighted by atomic mass is 9.96. The normalized spacial score (nSPS) is 11.7. The van der Waals surface area contributed by atoms with Gasteiger partial charge in [0, 0.05) is 5.92 Å². The monoisotopic (exact) mass is 281 g/mol. The lowest BCUT2D eigenvalue weighted by molar-refractivity contribution is -0.121. The zero-order valence-corrected chi connectivity index (χ0v) is 11.2. The minimum absolute atomic E-state index is 0. The van der Waals surface area contributed by atoms with Gasteiger partial charge in [-0.05, 0) is 30.5 Å². The number of hydrogen-bond donors (Lipinski definition) is 1. The molecule has 1 unspecified atom stereocenters. The van der Waals surface area contributed by atoms with Crippen LogP contribution in [0.3, 0.4) is 0 Å². The highest BCUT2D eigenvalue weighted by atomic mass is 35.5. The first-order valence-corrected chi connectivity index (χ1v) is 5.53. The van der Waals surface area contributed by atoms with Gasteiger partial charge in [-0.2, -0.15) is 0 Å². The Morgan fingerprint density at radius 2 is 2.00 bits per heavy atom. The summed E-state index contributed by atoms with van der Waals surface area (Å²) < 4.78 is 0. The van der Waals surface area contributed by atoms with Crippen molar-refractivity contribution in [1.29, 1.82) is 0 Å². The molecule has 2 N–H and O–H groups in total. The molecule has 0 saturated carbocycles. The first-order valence-electron chi connectivity index (χ1n) is 4.77.